The normalized spacial score (nSPS) is 20.0. The van der Waals surface area contributed by atoms with E-state index in [9.17, 15) is 4.79 Å². The Balaban J connectivity index is 2.37. The maximum absolute atomic E-state index is 12.1. The predicted molar refractivity (Wildman–Crippen MR) is 68.7 cm³/mol. The number of rotatable bonds is 7. The summed E-state index contributed by atoms with van der Waals surface area (Å²) in [5.41, 5.74) is 0. The van der Waals surface area contributed by atoms with Gasteiger partial charge in [0.05, 0.1) is 11.9 Å². The van der Waals surface area contributed by atoms with Crippen molar-refractivity contribution >= 4 is 17.7 Å². The van der Waals surface area contributed by atoms with E-state index in [-0.39, 0.29) is 17.8 Å². The number of thioether (sulfide) groups is 1. The van der Waals surface area contributed by atoms with Crippen molar-refractivity contribution in [2.45, 2.75) is 44.3 Å². The molecule has 16 heavy (non-hydrogen) atoms. The zero-order valence-corrected chi connectivity index (χ0v) is 11.0. The molecule has 0 aromatic heterocycles. The molecule has 0 radical (unpaired) electrons. The molecule has 4 heteroatoms. The van der Waals surface area contributed by atoms with Crippen LogP contribution in [0.2, 0.25) is 0 Å². The lowest BCUT2D eigenvalue weighted by Crippen LogP contribution is -2.39. The van der Waals surface area contributed by atoms with Gasteiger partial charge in [-0.15, -0.1) is 11.8 Å². The third-order valence-electron chi connectivity index (χ3n) is 2.92. The van der Waals surface area contributed by atoms with Crippen LogP contribution in [0, 0.1) is 0 Å². The smallest absolute Gasteiger partial charge is 0.235 e. The van der Waals surface area contributed by atoms with Gasteiger partial charge in [-0.25, -0.2) is 0 Å². The topological polar surface area (TPSA) is 40.5 Å². The molecule has 1 amide bonds. The Bertz CT molecular complexity index is 205. The number of hydrogen-bond acceptors (Lipinski definition) is 3. The molecule has 0 aliphatic carbocycles. The van der Waals surface area contributed by atoms with Crippen molar-refractivity contribution in [3.8, 4) is 0 Å². The van der Waals surface area contributed by atoms with E-state index in [0.717, 1.165) is 38.0 Å². The first kappa shape index (κ1) is 13.8. The van der Waals surface area contributed by atoms with Crippen molar-refractivity contribution in [3.63, 3.8) is 0 Å². The van der Waals surface area contributed by atoms with Gasteiger partial charge in [0.2, 0.25) is 5.91 Å². The van der Waals surface area contributed by atoms with E-state index in [1.165, 1.54) is 6.42 Å². The first-order valence-electron chi connectivity index (χ1n) is 6.30. The molecule has 1 heterocycles. The van der Waals surface area contributed by atoms with E-state index in [1.807, 2.05) is 4.90 Å². The van der Waals surface area contributed by atoms with E-state index in [2.05, 4.69) is 6.92 Å². The zero-order chi connectivity index (χ0) is 11.8. The van der Waals surface area contributed by atoms with Crippen molar-refractivity contribution in [3.05, 3.63) is 0 Å². The molecule has 1 aliphatic heterocycles. The number of carbonyl (C=O) groups excluding carboxylic acids is 1. The summed E-state index contributed by atoms with van der Waals surface area (Å²) >= 11 is 1.77. The third kappa shape index (κ3) is 4.34. The van der Waals surface area contributed by atoms with Crippen LogP contribution >= 0.6 is 11.8 Å². The van der Waals surface area contributed by atoms with Gasteiger partial charge in [-0.3, -0.25) is 4.79 Å². The maximum atomic E-state index is 12.1. The van der Waals surface area contributed by atoms with Crippen LogP contribution in [0.3, 0.4) is 0 Å². The van der Waals surface area contributed by atoms with Gasteiger partial charge in [-0.2, -0.15) is 0 Å². The minimum absolute atomic E-state index is 0.0786. The molecular weight excluding hydrogens is 222 g/mol. The van der Waals surface area contributed by atoms with Gasteiger partial charge >= 0.3 is 0 Å². The highest BCUT2D eigenvalue weighted by Gasteiger charge is 2.27. The van der Waals surface area contributed by atoms with E-state index in [1.54, 1.807) is 11.8 Å². The fraction of sp³-hybridized carbons (Fsp3) is 0.917. The number of nitrogens with zero attached hydrogens (tertiary/aromatic N) is 1. The standard InChI is InChI=1S/C12H23NO2S/c1-2-3-4-7-13(8-9-14)12(15)11-6-5-10-16-11/h11,14H,2-10H2,1H3. The fourth-order valence-corrected chi connectivity index (χ4v) is 3.22. The van der Waals surface area contributed by atoms with Crippen LogP contribution in [0.25, 0.3) is 0 Å². The number of aliphatic hydroxyl groups excluding tert-OH is 1. The lowest BCUT2D eigenvalue weighted by Gasteiger charge is -2.24. The summed E-state index contributed by atoms with van der Waals surface area (Å²) in [6.07, 6.45) is 5.55. The second kappa shape index (κ2) is 7.96. The lowest BCUT2D eigenvalue weighted by molar-refractivity contribution is -0.131. The minimum Gasteiger partial charge on any atom is -0.395 e. The highest BCUT2D eigenvalue weighted by Crippen LogP contribution is 2.27. The summed E-state index contributed by atoms with van der Waals surface area (Å²) in [4.78, 5) is 14.0. The molecule has 0 saturated carbocycles. The van der Waals surface area contributed by atoms with Gasteiger partial charge in [-0.1, -0.05) is 19.8 Å². The molecule has 0 aromatic rings. The molecule has 1 rings (SSSR count). The van der Waals surface area contributed by atoms with Gasteiger partial charge in [-0.05, 0) is 25.0 Å². The van der Waals surface area contributed by atoms with Crippen molar-refractivity contribution in [1.82, 2.24) is 4.90 Å². The number of hydrogen-bond donors (Lipinski definition) is 1. The molecule has 1 N–H and O–H groups in total. The van der Waals surface area contributed by atoms with Crippen LogP contribution in [0.4, 0.5) is 0 Å². The monoisotopic (exact) mass is 245 g/mol. The molecule has 3 nitrogen and oxygen atoms in total. The van der Waals surface area contributed by atoms with Crippen molar-refractivity contribution in [2.75, 3.05) is 25.4 Å². The molecule has 1 saturated heterocycles. The van der Waals surface area contributed by atoms with E-state index in [4.69, 9.17) is 5.11 Å². The zero-order valence-electron chi connectivity index (χ0n) is 10.2. The minimum atomic E-state index is 0.0786. The molecule has 0 aromatic carbocycles. The Morgan fingerprint density at radius 3 is 2.81 bits per heavy atom. The molecule has 0 spiro atoms. The fourth-order valence-electron chi connectivity index (χ4n) is 1.98. The highest BCUT2D eigenvalue weighted by atomic mass is 32.2. The van der Waals surface area contributed by atoms with Crippen molar-refractivity contribution in [1.29, 1.82) is 0 Å². The SMILES string of the molecule is CCCCCN(CCO)C(=O)C1CCCS1. The van der Waals surface area contributed by atoms with Crippen LogP contribution < -0.4 is 0 Å². The van der Waals surface area contributed by atoms with Gasteiger partial charge in [0, 0.05) is 13.1 Å². The quantitative estimate of drug-likeness (QED) is 0.696. The second-order valence-corrected chi connectivity index (χ2v) is 5.57. The Hall–Kier alpha value is -0.220. The largest absolute Gasteiger partial charge is 0.395 e. The molecule has 94 valence electrons. The summed E-state index contributed by atoms with van der Waals surface area (Å²) in [5, 5.41) is 9.14. The third-order valence-corrected chi connectivity index (χ3v) is 4.28. The second-order valence-electron chi connectivity index (χ2n) is 4.26. The van der Waals surface area contributed by atoms with Crippen LogP contribution in [-0.2, 0) is 4.79 Å². The van der Waals surface area contributed by atoms with Crippen LogP contribution in [0.5, 0.6) is 0 Å². The summed E-state index contributed by atoms with van der Waals surface area (Å²) < 4.78 is 0. The van der Waals surface area contributed by atoms with E-state index in [0.29, 0.717) is 6.54 Å². The molecule has 1 unspecified atom stereocenters. The lowest BCUT2D eigenvalue weighted by atomic mass is 10.2. The number of amides is 1. The Labute approximate surface area is 103 Å². The Kier molecular flexibility index (Phi) is 6.88. The number of unbranched alkanes of at least 4 members (excludes halogenated alkanes) is 2. The van der Waals surface area contributed by atoms with Gasteiger partial charge in [0.25, 0.3) is 0 Å². The highest BCUT2D eigenvalue weighted by molar-refractivity contribution is 8.00. The van der Waals surface area contributed by atoms with Crippen molar-refractivity contribution < 1.29 is 9.90 Å². The van der Waals surface area contributed by atoms with E-state index < -0.39 is 0 Å². The molecular formula is C12H23NO2S. The van der Waals surface area contributed by atoms with Gasteiger partial charge in [0.1, 0.15) is 0 Å². The first-order valence-corrected chi connectivity index (χ1v) is 7.35. The van der Waals surface area contributed by atoms with Crippen molar-refractivity contribution in [2.24, 2.45) is 0 Å². The Morgan fingerprint density at radius 2 is 2.25 bits per heavy atom. The average Bonchev–Trinajstić information content (AvgIpc) is 2.81. The van der Waals surface area contributed by atoms with Crippen LogP contribution in [-0.4, -0.2) is 46.6 Å². The summed E-state index contributed by atoms with van der Waals surface area (Å²) in [5.74, 6) is 1.35. The summed E-state index contributed by atoms with van der Waals surface area (Å²) in [6, 6.07) is 0. The van der Waals surface area contributed by atoms with Gasteiger partial charge in [0.15, 0.2) is 0 Å². The number of aliphatic hydroxyl groups is 1. The Morgan fingerprint density at radius 1 is 1.44 bits per heavy atom. The molecule has 1 fully saturated rings. The summed E-state index contributed by atoms with van der Waals surface area (Å²) in [7, 11) is 0. The number of carbonyl (C=O) groups is 1. The molecule has 0 bridgehead atoms. The molecule has 1 aliphatic rings. The van der Waals surface area contributed by atoms with Crippen LogP contribution in [0.1, 0.15) is 39.0 Å². The first-order chi connectivity index (χ1) is 7.79. The van der Waals surface area contributed by atoms with Gasteiger partial charge < -0.3 is 10.0 Å². The molecule has 1 atom stereocenters. The van der Waals surface area contributed by atoms with E-state index >= 15 is 0 Å². The van der Waals surface area contributed by atoms with Crippen LogP contribution in [0.15, 0.2) is 0 Å². The predicted octanol–water partition coefficient (Wildman–Crippen LogP) is 1.89. The maximum Gasteiger partial charge on any atom is 0.235 e. The summed E-state index contributed by atoms with van der Waals surface area (Å²) in [6.45, 7) is 3.55. The average molecular weight is 245 g/mol.